The molecule has 0 aromatic heterocycles. The molecule has 0 saturated carbocycles. The number of rotatable bonds is 6. The van der Waals surface area contributed by atoms with Crippen LogP contribution in [0.5, 0.6) is 11.5 Å². The smallest absolute Gasteiger partial charge is 0.232 e. The van der Waals surface area contributed by atoms with Crippen LogP contribution in [0.3, 0.4) is 0 Å². The van der Waals surface area contributed by atoms with E-state index < -0.39 is 0 Å². The van der Waals surface area contributed by atoms with E-state index in [1.165, 1.54) is 11.1 Å². The Morgan fingerprint density at radius 2 is 1.90 bits per heavy atom. The minimum absolute atomic E-state index is 0.0555. The van der Waals surface area contributed by atoms with Crippen LogP contribution in [0.15, 0.2) is 36.4 Å². The number of likely N-dealkylation sites (tertiary alicyclic amines) is 1. The molecule has 2 aliphatic heterocycles. The van der Waals surface area contributed by atoms with Crippen molar-refractivity contribution < 1.29 is 19.1 Å². The van der Waals surface area contributed by atoms with Gasteiger partial charge < -0.3 is 19.3 Å². The number of nitrogens with zero attached hydrogens (tertiary/aromatic N) is 2. The van der Waals surface area contributed by atoms with E-state index in [2.05, 4.69) is 19.1 Å². The molecule has 6 heteroatoms. The fourth-order valence-corrected chi connectivity index (χ4v) is 4.63. The van der Waals surface area contributed by atoms with E-state index in [-0.39, 0.29) is 17.7 Å². The van der Waals surface area contributed by atoms with Crippen LogP contribution in [-0.2, 0) is 22.4 Å². The van der Waals surface area contributed by atoms with Crippen LogP contribution in [0.1, 0.15) is 29.5 Å². The number of carbonyl (C=O) groups is 2. The molecule has 1 unspecified atom stereocenters. The molecule has 1 atom stereocenters. The summed E-state index contributed by atoms with van der Waals surface area (Å²) in [7, 11) is 3.22. The van der Waals surface area contributed by atoms with Gasteiger partial charge in [0.25, 0.3) is 0 Å². The molecular weight excluding hydrogens is 392 g/mol. The molecule has 2 heterocycles. The van der Waals surface area contributed by atoms with Crippen molar-refractivity contribution in [1.29, 1.82) is 0 Å². The number of hydrogen-bond acceptors (Lipinski definition) is 4. The largest absolute Gasteiger partial charge is 0.493 e. The Bertz CT molecular complexity index is 987. The topological polar surface area (TPSA) is 59.1 Å². The quantitative estimate of drug-likeness (QED) is 0.716. The van der Waals surface area contributed by atoms with Gasteiger partial charge in [-0.15, -0.1) is 0 Å². The highest BCUT2D eigenvalue weighted by Crippen LogP contribution is 2.32. The summed E-state index contributed by atoms with van der Waals surface area (Å²) < 4.78 is 10.6. The van der Waals surface area contributed by atoms with Crippen LogP contribution < -0.4 is 14.4 Å². The molecule has 6 nitrogen and oxygen atoms in total. The number of methoxy groups -OCH3 is 2. The summed E-state index contributed by atoms with van der Waals surface area (Å²) in [6, 6.07) is 12.1. The molecule has 2 aromatic carbocycles. The molecule has 1 fully saturated rings. The average Bonchev–Trinajstić information content (AvgIpc) is 3.16. The number of benzene rings is 2. The lowest BCUT2D eigenvalue weighted by atomic mass is 9.97. The van der Waals surface area contributed by atoms with Gasteiger partial charge >= 0.3 is 0 Å². The van der Waals surface area contributed by atoms with Crippen molar-refractivity contribution in [3.05, 3.63) is 53.1 Å². The first-order valence-corrected chi connectivity index (χ1v) is 10.9. The van der Waals surface area contributed by atoms with Gasteiger partial charge in [-0.2, -0.15) is 0 Å². The lowest BCUT2D eigenvalue weighted by Crippen LogP contribution is -2.40. The Labute approximate surface area is 183 Å². The van der Waals surface area contributed by atoms with Crippen LogP contribution in [0.2, 0.25) is 0 Å². The van der Waals surface area contributed by atoms with Crippen LogP contribution in [0.25, 0.3) is 0 Å². The number of hydrogen-bond donors (Lipinski definition) is 0. The van der Waals surface area contributed by atoms with Gasteiger partial charge in [0.15, 0.2) is 11.5 Å². The Morgan fingerprint density at radius 3 is 2.68 bits per heavy atom. The third kappa shape index (κ3) is 4.38. The van der Waals surface area contributed by atoms with Gasteiger partial charge in [0.1, 0.15) is 0 Å². The van der Waals surface area contributed by atoms with E-state index in [1.54, 1.807) is 14.2 Å². The zero-order valence-electron chi connectivity index (χ0n) is 18.5. The summed E-state index contributed by atoms with van der Waals surface area (Å²) in [5.74, 6) is 1.22. The van der Waals surface area contributed by atoms with Crippen molar-refractivity contribution in [3.63, 3.8) is 0 Å². The maximum atomic E-state index is 13.3. The summed E-state index contributed by atoms with van der Waals surface area (Å²) in [6.45, 7) is 3.88. The van der Waals surface area contributed by atoms with Gasteiger partial charge in [0.2, 0.25) is 11.8 Å². The third-order valence-electron chi connectivity index (χ3n) is 6.30. The molecule has 0 aliphatic carbocycles. The van der Waals surface area contributed by atoms with E-state index in [0.29, 0.717) is 37.4 Å². The van der Waals surface area contributed by atoms with E-state index in [0.717, 1.165) is 30.6 Å². The zero-order valence-corrected chi connectivity index (χ0v) is 18.5. The summed E-state index contributed by atoms with van der Waals surface area (Å²) in [6.07, 6.45) is 2.97. The lowest BCUT2D eigenvalue weighted by Gasteiger charge is -2.31. The van der Waals surface area contributed by atoms with E-state index in [1.807, 2.05) is 34.1 Å². The second kappa shape index (κ2) is 9.00. The average molecular weight is 423 g/mol. The molecule has 0 spiro atoms. The van der Waals surface area contributed by atoms with Gasteiger partial charge in [0, 0.05) is 31.7 Å². The molecule has 0 bridgehead atoms. The van der Waals surface area contributed by atoms with Gasteiger partial charge in [-0.3, -0.25) is 9.59 Å². The fraction of sp³-hybridized carbons (Fsp3) is 0.440. The normalized spacial score (nSPS) is 18.2. The van der Waals surface area contributed by atoms with E-state index in [9.17, 15) is 9.59 Å². The summed E-state index contributed by atoms with van der Waals surface area (Å²) in [5.41, 5.74) is 4.53. The molecule has 0 N–H and O–H groups in total. The summed E-state index contributed by atoms with van der Waals surface area (Å²) >= 11 is 0. The van der Waals surface area contributed by atoms with Gasteiger partial charge in [-0.05, 0) is 55.5 Å². The first kappa shape index (κ1) is 21.2. The molecule has 31 heavy (non-hydrogen) atoms. The van der Waals surface area contributed by atoms with Crippen LogP contribution in [0.4, 0.5) is 5.69 Å². The van der Waals surface area contributed by atoms with Crippen molar-refractivity contribution in [2.45, 2.75) is 32.6 Å². The molecule has 164 valence electrons. The van der Waals surface area contributed by atoms with Crippen molar-refractivity contribution in [2.24, 2.45) is 5.92 Å². The van der Waals surface area contributed by atoms with Gasteiger partial charge in [-0.1, -0.05) is 23.8 Å². The maximum Gasteiger partial charge on any atom is 0.232 e. The number of anilines is 1. The molecular formula is C25H30N2O4. The minimum Gasteiger partial charge on any atom is -0.493 e. The summed E-state index contributed by atoms with van der Waals surface area (Å²) in [5, 5.41) is 0. The summed E-state index contributed by atoms with van der Waals surface area (Å²) in [4.78, 5) is 29.6. The molecule has 2 aromatic rings. The highest BCUT2D eigenvalue weighted by molar-refractivity contribution is 5.99. The van der Waals surface area contributed by atoms with Crippen molar-refractivity contribution >= 4 is 17.5 Å². The van der Waals surface area contributed by atoms with Crippen LogP contribution >= 0.6 is 0 Å². The standard InChI is InChI=1S/C25H30N2O4/c1-17-6-8-21-19(13-17)5-4-11-27(21)25(29)20-15-24(28)26(16-20)12-10-18-7-9-22(30-2)23(14-18)31-3/h6-9,13-14,20H,4-5,10-12,15-16H2,1-3H3. The Hall–Kier alpha value is -3.02. The molecule has 2 amide bonds. The van der Waals surface area contributed by atoms with Crippen molar-refractivity contribution in [3.8, 4) is 11.5 Å². The fourth-order valence-electron chi connectivity index (χ4n) is 4.63. The second-order valence-electron chi connectivity index (χ2n) is 8.41. The third-order valence-corrected chi connectivity index (χ3v) is 6.30. The number of aryl methyl sites for hydroxylation is 2. The predicted octanol–water partition coefficient (Wildman–Crippen LogP) is 3.38. The molecule has 4 rings (SSSR count). The van der Waals surface area contributed by atoms with Crippen molar-refractivity contribution in [1.82, 2.24) is 4.90 Å². The number of ether oxygens (including phenoxy) is 2. The number of amides is 2. The maximum absolute atomic E-state index is 13.3. The van der Waals surface area contributed by atoms with Crippen LogP contribution in [0, 0.1) is 12.8 Å². The molecule has 2 aliphatic rings. The highest BCUT2D eigenvalue weighted by Gasteiger charge is 2.37. The van der Waals surface area contributed by atoms with Crippen LogP contribution in [-0.4, -0.2) is 50.6 Å². The number of carbonyl (C=O) groups excluding carboxylic acids is 2. The van der Waals surface area contributed by atoms with E-state index >= 15 is 0 Å². The highest BCUT2D eigenvalue weighted by atomic mass is 16.5. The van der Waals surface area contributed by atoms with Crippen molar-refractivity contribution in [2.75, 3.05) is 38.8 Å². The Morgan fingerprint density at radius 1 is 1.10 bits per heavy atom. The SMILES string of the molecule is COc1ccc(CCN2CC(C(=O)N3CCCc4cc(C)ccc43)CC2=O)cc1OC. The zero-order chi connectivity index (χ0) is 22.0. The minimum atomic E-state index is -0.273. The Balaban J connectivity index is 1.40. The Kier molecular flexibility index (Phi) is 6.16. The molecule has 1 saturated heterocycles. The lowest BCUT2D eigenvalue weighted by molar-refractivity contribution is -0.128. The van der Waals surface area contributed by atoms with Gasteiger partial charge in [-0.25, -0.2) is 0 Å². The first-order valence-electron chi connectivity index (χ1n) is 10.9. The first-order chi connectivity index (χ1) is 15.0. The van der Waals surface area contributed by atoms with Gasteiger partial charge in [0.05, 0.1) is 20.1 Å². The van der Waals surface area contributed by atoms with E-state index in [4.69, 9.17) is 9.47 Å². The second-order valence-corrected chi connectivity index (χ2v) is 8.41. The molecule has 0 radical (unpaired) electrons. The predicted molar refractivity (Wildman–Crippen MR) is 120 cm³/mol. The monoisotopic (exact) mass is 422 g/mol. The number of fused-ring (bicyclic) bond motifs is 1.